The zero-order valence-corrected chi connectivity index (χ0v) is 9.66. The first-order valence-electron chi connectivity index (χ1n) is 5.61. The smallest absolute Gasteiger partial charge is 0.293 e. The van der Waals surface area contributed by atoms with Gasteiger partial charge in [-0.2, -0.15) is 5.21 Å². The highest BCUT2D eigenvalue weighted by Crippen LogP contribution is 2.35. The Morgan fingerprint density at radius 3 is 3.00 bits per heavy atom. The van der Waals surface area contributed by atoms with E-state index in [2.05, 4.69) is 39.8 Å². The maximum absolute atomic E-state index is 11.7. The Hall–Kier alpha value is -1.46. The number of nitrogens with one attached hydrogen (secondary N) is 2. The Bertz CT molecular complexity index is 359. The molecule has 1 saturated carbocycles. The summed E-state index contributed by atoms with van der Waals surface area (Å²) < 4.78 is 0. The van der Waals surface area contributed by atoms with Crippen LogP contribution in [-0.2, 0) is 0 Å². The lowest BCUT2D eigenvalue weighted by Gasteiger charge is -2.35. The molecule has 0 aromatic carbocycles. The van der Waals surface area contributed by atoms with Gasteiger partial charge in [0.15, 0.2) is 0 Å². The second-order valence-corrected chi connectivity index (χ2v) is 5.17. The van der Waals surface area contributed by atoms with Crippen LogP contribution >= 0.6 is 0 Å². The monoisotopic (exact) mass is 223 g/mol. The normalized spacial score (nSPS) is 24.0. The molecule has 0 bridgehead atoms. The summed E-state index contributed by atoms with van der Waals surface area (Å²) in [6, 6.07) is 0.231. The van der Waals surface area contributed by atoms with Gasteiger partial charge in [0.25, 0.3) is 11.7 Å². The molecule has 2 rings (SSSR count). The fourth-order valence-electron chi connectivity index (χ4n) is 2.33. The van der Waals surface area contributed by atoms with E-state index in [-0.39, 0.29) is 17.8 Å². The number of aromatic nitrogens is 4. The van der Waals surface area contributed by atoms with Crippen LogP contribution in [0.25, 0.3) is 0 Å². The summed E-state index contributed by atoms with van der Waals surface area (Å²) in [4.78, 5) is 11.7. The fraction of sp³-hybridized carbons (Fsp3) is 0.800. The van der Waals surface area contributed by atoms with Gasteiger partial charge in [-0.3, -0.25) is 4.79 Å². The second-order valence-electron chi connectivity index (χ2n) is 5.17. The first kappa shape index (κ1) is 11.0. The van der Waals surface area contributed by atoms with Crippen molar-refractivity contribution in [1.29, 1.82) is 0 Å². The molecule has 0 saturated heterocycles. The van der Waals surface area contributed by atoms with Crippen LogP contribution in [0.4, 0.5) is 0 Å². The largest absolute Gasteiger partial charge is 0.346 e. The molecule has 0 radical (unpaired) electrons. The molecule has 1 atom stereocenters. The zero-order valence-electron chi connectivity index (χ0n) is 9.66. The molecule has 1 heterocycles. The average Bonchev–Trinajstić information content (AvgIpc) is 2.68. The van der Waals surface area contributed by atoms with Gasteiger partial charge in [-0.05, 0) is 29.9 Å². The number of aromatic amines is 1. The summed E-state index contributed by atoms with van der Waals surface area (Å²) in [6.45, 7) is 4.47. The summed E-state index contributed by atoms with van der Waals surface area (Å²) in [6.07, 6.45) is 4.43. The molecule has 1 aromatic rings. The lowest BCUT2D eigenvalue weighted by atomic mass is 9.75. The van der Waals surface area contributed by atoms with Crippen LogP contribution in [0.1, 0.15) is 50.1 Å². The summed E-state index contributed by atoms with van der Waals surface area (Å²) >= 11 is 0. The Balaban J connectivity index is 1.92. The van der Waals surface area contributed by atoms with Gasteiger partial charge in [-0.15, -0.1) is 10.2 Å². The van der Waals surface area contributed by atoms with E-state index in [0.717, 1.165) is 19.3 Å². The Morgan fingerprint density at radius 1 is 1.56 bits per heavy atom. The van der Waals surface area contributed by atoms with Crippen molar-refractivity contribution in [3.8, 4) is 0 Å². The number of amides is 1. The molecule has 1 aliphatic rings. The van der Waals surface area contributed by atoms with Crippen molar-refractivity contribution in [2.24, 2.45) is 5.41 Å². The standard InChI is InChI=1S/C10H17N5O/c1-10(2)5-3-4-7(6-10)11-9(16)8-12-14-15-13-8/h7H,3-6H2,1-2H3,(H,11,16)(H,12,13,14,15). The number of carbonyl (C=O) groups excluding carboxylic acids is 1. The molecule has 1 aromatic heterocycles. The van der Waals surface area contributed by atoms with Crippen LogP contribution in [0, 0.1) is 5.41 Å². The number of H-pyrrole nitrogens is 1. The van der Waals surface area contributed by atoms with Crippen molar-refractivity contribution in [1.82, 2.24) is 25.9 Å². The van der Waals surface area contributed by atoms with Crippen LogP contribution < -0.4 is 5.32 Å². The quantitative estimate of drug-likeness (QED) is 0.780. The molecule has 0 aliphatic heterocycles. The summed E-state index contributed by atoms with van der Waals surface area (Å²) in [7, 11) is 0. The first-order valence-corrected chi connectivity index (χ1v) is 5.61. The molecule has 2 N–H and O–H groups in total. The Morgan fingerprint density at radius 2 is 2.38 bits per heavy atom. The number of hydrogen-bond acceptors (Lipinski definition) is 4. The van der Waals surface area contributed by atoms with Gasteiger partial charge in [0.05, 0.1) is 0 Å². The van der Waals surface area contributed by atoms with E-state index >= 15 is 0 Å². The minimum absolute atomic E-state index is 0.114. The maximum Gasteiger partial charge on any atom is 0.293 e. The van der Waals surface area contributed by atoms with E-state index in [4.69, 9.17) is 0 Å². The number of carbonyl (C=O) groups is 1. The van der Waals surface area contributed by atoms with Gasteiger partial charge in [-0.25, -0.2) is 0 Å². The molecule has 0 spiro atoms. The number of rotatable bonds is 2. The van der Waals surface area contributed by atoms with Crippen LogP contribution in [0.3, 0.4) is 0 Å². The SMILES string of the molecule is CC1(C)CCCC(NC(=O)c2nn[nH]n2)C1. The van der Waals surface area contributed by atoms with Gasteiger partial charge < -0.3 is 5.32 Å². The Labute approximate surface area is 94.2 Å². The Kier molecular flexibility index (Phi) is 2.89. The summed E-state index contributed by atoms with van der Waals surface area (Å²) in [5.74, 6) is -0.125. The molecule has 1 unspecified atom stereocenters. The fourth-order valence-corrected chi connectivity index (χ4v) is 2.33. The van der Waals surface area contributed by atoms with Crippen LogP contribution in [-0.4, -0.2) is 32.6 Å². The molecular formula is C10H17N5O. The van der Waals surface area contributed by atoms with Crippen molar-refractivity contribution < 1.29 is 4.79 Å². The highest BCUT2D eigenvalue weighted by atomic mass is 16.2. The van der Waals surface area contributed by atoms with E-state index in [1.807, 2.05) is 0 Å². The van der Waals surface area contributed by atoms with Crippen LogP contribution in [0.15, 0.2) is 0 Å². The van der Waals surface area contributed by atoms with Gasteiger partial charge in [-0.1, -0.05) is 20.3 Å². The lowest BCUT2D eigenvalue weighted by Crippen LogP contribution is -2.41. The van der Waals surface area contributed by atoms with E-state index < -0.39 is 0 Å². The second kappa shape index (κ2) is 4.19. The molecule has 6 nitrogen and oxygen atoms in total. The molecular weight excluding hydrogens is 206 g/mol. The van der Waals surface area contributed by atoms with E-state index in [0.29, 0.717) is 5.41 Å². The van der Waals surface area contributed by atoms with Crippen LogP contribution in [0.2, 0.25) is 0 Å². The maximum atomic E-state index is 11.7. The van der Waals surface area contributed by atoms with E-state index in [9.17, 15) is 4.79 Å². The lowest BCUT2D eigenvalue weighted by molar-refractivity contribution is 0.0892. The molecule has 1 amide bonds. The van der Waals surface area contributed by atoms with Crippen LogP contribution in [0.5, 0.6) is 0 Å². The van der Waals surface area contributed by atoms with Crippen molar-refractivity contribution in [3.63, 3.8) is 0 Å². The summed E-state index contributed by atoms with van der Waals surface area (Å²) in [5.41, 5.74) is 0.313. The predicted octanol–water partition coefficient (Wildman–Crippen LogP) is 0.898. The third-order valence-corrected chi connectivity index (χ3v) is 3.09. The van der Waals surface area contributed by atoms with E-state index in [1.165, 1.54) is 6.42 Å². The third-order valence-electron chi connectivity index (χ3n) is 3.09. The zero-order chi connectivity index (χ0) is 11.6. The van der Waals surface area contributed by atoms with Gasteiger partial charge in [0.1, 0.15) is 0 Å². The highest BCUT2D eigenvalue weighted by molar-refractivity contribution is 5.90. The topological polar surface area (TPSA) is 83.6 Å². The predicted molar refractivity (Wildman–Crippen MR) is 57.7 cm³/mol. The highest BCUT2D eigenvalue weighted by Gasteiger charge is 2.29. The number of tetrazole rings is 1. The molecule has 88 valence electrons. The minimum atomic E-state index is -0.239. The van der Waals surface area contributed by atoms with Gasteiger partial charge in [0, 0.05) is 6.04 Å². The minimum Gasteiger partial charge on any atom is -0.346 e. The van der Waals surface area contributed by atoms with Crippen molar-refractivity contribution in [2.45, 2.75) is 45.6 Å². The molecule has 6 heteroatoms. The van der Waals surface area contributed by atoms with Crippen molar-refractivity contribution in [2.75, 3.05) is 0 Å². The third kappa shape index (κ3) is 2.56. The first-order chi connectivity index (χ1) is 7.57. The van der Waals surface area contributed by atoms with Gasteiger partial charge in [0.2, 0.25) is 0 Å². The molecule has 1 aliphatic carbocycles. The van der Waals surface area contributed by atoms with Crippen molar-refractivity contribution >= 4 is 5.91 Å². The van der Waals surface area contributed by atoms with Crippen molar-refractivity contribution in [3.05, 3.63) is 5.82 Å². The molecule has 1 fully saturated rings. The van der Waals surface area contributed by atoms with E-state index in [1.54, 1.807) is 0 Å². The number of nitrogens with zero attached hydrogens (tertiary/aromatic N) is 3. The van der Waals surface area contributed by atoms with Gasteiger partial charge >= 0.3 is 0 Å². The molecule has 16 heavy (non-hydrogen) atoms. The average molecular weight is 223 g/mol. The number of hydrogen-bond donors (Lipinski definition) is 2. The summed E-state index contributed by atoms with van der Waals surface area (Å²) in [5, 5.41) is 15.9.